The van der Waals surface area contributed by atoms with Crippen molar-refractivity contribution in [1.82, 2.24) is 9.13 Å². The molecule has 0 radical (unpaired) electrons. The molecule has 13 rings (SSSR count). The first kappa shape index (κ1) is 34.6. The van der Waals surface area contributed by atoms with Crippen LogP contribution in [-0.2, 0) is 0 Å². The molecule has 0 bridgehead atoms. The Labute approximate surface area is 358 Å². The van der Waals surface area contributed by atoms with Gasteiger partial charge in [-0.3, -0.25) is 0 Å². The quantitative estimate of drug-likeness (QED) is 0.154. The van der Waals surface area contributed by atoms with Gasteiger partial charge in [-0.05, 0) is 132 Å². The van der Waals surface area contributed by atoms with Crippen molar-refractivity contribution in [3.05, 3.63) is 231 Å². The zero-order chi connectivity index (χ0) is 40.7. The molecule has 2 nitrogen and oxygen atoms in total. The van der Waals surface area contributed by atoms with Gasteiger partial charge in [-0.2, -0.15) is 0 Å². The fraction of sp³-hybridized carbons (Fsp3) is 0. The van der Waals surface area contributed by atoms with Crippen molar-refractivity contribution in [1.29, 1.82) is 0 Å². The van der Waals surface area contributed by atoms with Crippen LogP contribution in [0.15, 0.2) is 231 Å². The van der Waals surface area contributed by atoms with Crippen molar-refractivity contribution < 1.29 is 0 Å². The smallest absolute Gasteiger partial charge is 0.0541 e. The Kier molecular flexibility index (Phi) is 7.64. The molecule has 0 amide bonds. The van der Waals surface area contributed by atoms with E-state index in [2.05, 4.69) is 240 Å². The highest BCUT2D eigenvalue weighted by atomic mass is 15.0. The van der Waals surface area contributed by atoms with Crippen molar-refractivity contribution >= 4 is 75.9 Å². The molecule has 13 aromatic rings. The van der Waals surface area contributed by atoms with E-state index >= 15 is 0 Å². The Bertz CT molecular complexity index is 3810. The molecular formula is C60H38N2. The minimum Gasteiger partial charge on any atom is -0.309 e. The Morgan fingerprint density at radius 2 is 0.468 bits per heavy atom. The van der Waals surface area contributed by atoms with E-state index in [-0.39, 0.29) is 0 Å². The molecule has 0 aliphatic carbocycles. The number of rotatable bonds is 5. The van der Waals surface area contributed by atoms with Gasteiger partial charge in [0, 0.05) is 32.9 Å². The number of benzene rings is 11. The lowest BCUT2D eigenvalue weighted by Gasteiger charge is -2.15. The van der Waals surface area contributed by atoms with Crippen LogP contribution in [0.5, 0.6) is 0 Å². The molecule has 2 aromatic heterocycles. The predicted molar refractivity (Wildman–Crippen MR) is 264 cm³/mol. The van der Waals surface area contributed by atoms with Crippen molar-refractivity contribution in [2.24, 2.45) is 0 Å². The summed E-state index contributed by atoms with van der Waals surface area (Å²) in [6, 6.07) is 84.8. The summed E-state index contributed by atoms with van der Waals surface area (Å²) in [5.41, 5.74) is 14.4. The Hall–Kier alpha value is -8.20. The topological polar surface area (TPSA) is 9.86 Å². The monoisotopic (exact) mass is 786 g/mol. The molecule has 62 heavy (non-hydrogen) atoms. The number of hydrogen-bond acceptors (Lipinski definition) is 0. The number of hydrogen-bond donors (Lipinski definition) is 0. The molecule has 11 aromatic carbocycles. The highest BCUT2D eigenvalue weighted by Crippen LogP contribution is 2.41. The van der Waals surface area contributed by atoms with Crippen LogP contribution in [0, 0.1) is 0 Å². The van der Waals surface area contributed by atoms with E-state index in [1.165, 1.54) is 109 Å². The molecule has 2 heteroatoms. The predicted octanol–water partition coefficient (Wildman–Crippen LogP) is 16.3. The molecule has 0 saturated heterocycles. The second kappa shape index (κ2) is 13.7. The zero-order valence-electron chi connectivity index (χ0n) is 33.8. The van der Waals surface area contributed by atoms with Gasteiger partial charge in [0.1, 0.15) is 0 Å². The Morgan fingerprint density at radius 3 is 0.855 bits per heavy atom. The third kappa shape index (κ3) is 5.30. The SMILES string of the molecule is c1cc(-c2cccc(-n3c4ccccc4c4ccccc43)c2)cc(-c2ccc3c4ccc(-c5cccc(-n6c7ccccc7c7ccccc76)c5)cc4c4ccccc4c3c2)c1. The zero-order valence-corrected chi connectivity index (χ0v) is 33.8. The van der Waals surface area contributed by atoms with Crippen molar-refractivity contribution in [3.63, 3.8) is 0 Å². The fourth-order valence-corrected chi connectivity index (χ4v) is 10.2. The van der Waals surface area contributed by atoms with Crippen molar-refractivity contribution in [3.8, 4) is 44.8 Å². The van der Waals surface area contributed by atoms with E-state index in [0.717, 1.165) is 11.4 Å². The minimum absolute atomic E-state index is 1.16. The van der Waals surface area contributed by atoms with Gasteiger partial charge in [0.15, 0.2) is 0 Å². The normalized spacial score (nSPS) is 11.9. The summed E-state index contributed by atoms with van der Waals surface area (Å²) in [6.45, 7) is 0. The van der Waals surface area contributed by atoms with E-state index in [9.17, 15) is 0 Å². The number of para-hydroxylation sites is 4. The Morgan fingerprint density at radius 1 is 0.177 bits per heavy atom. The second-order valence-electron chi connectivity index (χ2n) is 16.5. The van der Waals surface area contributed by atoms with Crippen molar-refractivity contribution in [2.45, 2.75) is 0 Å². The summed E-state index contributed by atoms with van der Waals surface area (Å²) in [6.07, 6.45) is 0. The van der Waals surface area contributed by atoms with Crippen LogP contribution < -0.4 is 0 Å². The summed E-state index contributed by atoms with van der Waals surface area (Å²) in [5.74, 6) is 0. The number of fused-ring (bicyclic) bond motifs is 12. The number of nitrogens with zero attached hydrogens (tertiary/aromatic N) is 2. The fourth-order valence-electron chi connectivity index (χ4n) is 10.2. The van der Waals surface area contributed by atoms with Crippen LogP contribution in [0.3, 0.4) is 0 Å². The summed E-state index contributed by atoms with van der Waals surface area (Å²) >= 11 is 0. The first-order valence-electron chi connectivity index (χ1n) is 21.4. The summed E-state index contributed by atoms with van der Waals surface area (Å²) < 4.78 is 4.79. The number of aromatic nitrogens is 2. The third-order valence-electron chi connectivity index (χ3n) is 13.1. The van der Waals surface area contributed by atoms with Crippen LogP contribution >= 0.6 is 0 Å². The maximum Gasteiger partial charge on any atom is 0.0541 e. The summed E-state index contributed by atoms with van der Waals surface area (Å²) in [5, 5.41) is 12.7. The molecule has 0 fully saturated rings. The lowest BCUT2D eigenvalue weighted by atomic mass is 9.90. The van der Waals surface area contributed by atoms with Crippen LogP contribution in [0.4, 0.5) is 0 Å². The van der Waals surface area contributed by atoms with Crippen LogP contribution in [0.25, 0.3) is 121 Å². The van der Waals surface area contributed by atoms with Gasteiger partial charge < -0.3 is 9.13 Å². The highest BCUT2D eigenvalue weighted by Gasteiger charge is 2.16. The first-order valence-corrected chi connectivity index (χ1v) is 21.4. The molecule has 0 saturated carbocycles. The van der Waals surface area contributed by atoms with Crippen molar-refractivity contribution in [2.75, 3.05) is 0 Å². The molecule has 0 spiro atoms. The summed E-state index contributed by atoms with van der Waals surface area (Å²) in [4.78, 5) is 0. The first-order chi connectivity index (χ1) is 30.7. The van der Waals surface area contributed by atoms with Gasteiger partial charge >= 0.3 is 0 Å². The van der Waals surface area contributed by atoms with Gasteiger partial charge in [0.25, 0.3) is 0 Å². The molecule has 0 atom stereocenters. The second-order valence-corrected chi connectivity index (χ2v) is 16.5. The van der Waals surface area contributed by atoms with Gasteiger partial charge in [-0.15, -0.1) is 0 Å². The van der Waals surface area contributed by atoms with E-state index in [4.69, 9.17) is 0 Å². The standard InChI is InChI=1S/C60H38N2/c1-2-21-48-47(20-1)55-37-43(40-15-11-14-39(34-40)41-16-12-18-45(35-41)61-57-26-7-3-22-51(57)52-23-4-8-27-58(52)61)30-32-49(55)50-33-31-44(38-56(48)50)42-17-13-19-46(36-42)62-59-28-9-5-24-53(59)54-25-6-10-29-60(54)62/h1-38H. The molecule has 288 valence electrons. The largest absolute Gasteiger partial charge is 0.309 e. The van der Waals surface area contributed by atoms with Crippen LogP contribution in [-0.4, -0.2) is 9.13 Å². The lowest BCUT2D eigenvalue weighted by Crippen LogP contribution is -1.94. The van der Waals surface area contributed by atoms with E-state index in [1.54, 1.807) is 0 Å². The molecular weight excluding hydrogens is 749 g/mol. The molecule has 0 aliphatic rings. The highest BCUT2D eigenvalue weighted by molar-refractivity contribution is 6.26. The minimum atomic E-state index is 1.16. The lowest BCUT2D eigenvalue weighted by molar-refractivity contribution is 1.18. The average Bonchev–Trinajstić information content (AvgIpc) is 3.87. The van der Waals surface area contributed by atoms with Crippen LogP contribution in [0.2, 0.25) is 0 Å². The maximum atomic E-state index is 2.40. The van der Waals surface area contributed by atoms with E-state index in [0.29, 0.717) is 0 Å². The van der Waals surface area contributed by atoms with Gasteiger partial charge in [-0.1, -0.05) is 164 Å². The third-order valence-corrected chi connectivity index (χ3v) is 13.1. The van der Waals surface area contributed by atoms with E-state index < -0.39 is 0 Å². The van der Waals surface area contributed by atoms with Gasteiger partial charge in [0.2, 0.25) is 0 Å². The molecule has 0 unspecified atom stereocenters. The average molecular weight is 787 g/mol. The molecule has 0 aliphatic heterocycles. The summed E-state index contributed by atoms with van der Waals surface area (Å²) in [7, 11) is 0. The maximum absolute atomic E-state index is 2.40. The molecule has 0 N–H and O–H groups in total. The molecule has 2 heterocycles. The van der Waals surface area contributed by atoms with Gasteiger partial charge in [0.05, 0.1) is 22.1 Å². The van der Waals surface area contributed by atoms with Crippen LogP contribution in [0.1, 0.15) is 0 Å². The van der Waals surface area contributed by atoms with Gasteiger partial charge in [-0.25, -0.2) is 0 Å². The Balaban J connectivity index is 0.899. The van der Waals surface area contributed by atoms with E-state index in [1.807, 2.05) is 0 Å².